The average Bonchev–Trinajstić information content (AvgIpc) is 3.22. The molecule has 0 radical (unpaired) electrons. The summed E-state index contributed by atoms with van der Waals surface area (Å²) in [5.74, 6) is 2.10. The van der Waals surface area contributed by atoms with Crippen LogP contribution in [0.25, 0.3) is 11.5 Å². The molecule has 0 saturated carbocycles. The number of carbonyl (C=O) groups excluding carboxylic acids is 1. The van der Waals surface area contributed by atoms with Crippen LogP contribution in [0, 0.1) is 6.92 Å². The summed E-state index contributed by atoms with van der Waals surface area (Å²) in [5, 5.41) is 5.82. The van der Waals surface area contributed by atoms with Gasteiger partial charge in [0.05, 0.1) is 25.1 Å². The van der Waals surface area contributed by atoms with Crippen LogP contribution in [-0.2, 0) is 17.8 Å². The molecule has 2 aromatic heterocycles. The predicted molar refractivity (Wildman–Crippen MR) is 93.1 cm³/mol. The van der Waals surface area contributed by atoms with Crippen LogP contribution in [-0.4, -0.2) is 18.0 Å². The topological polar surface area (TPSA) is 64.4 Å². The summed E-state index contributed by atoms with van der Waals surface area (Å²) in [6.45, 7) is 2.31. The van der Waals surface area contributed by atoms with Gasteiger partial charge in [-0.1, -0.05) is 12.1 Å². The van der Waals surface area contributed by atoms with E-state index in [4.69, 9.17) is 9.15 Å². The molecule has 2 heterocycles. The smallest absolute Gasteiger partial charge is 0.224 e. The third kappa shape index (κ3) is 4.02. The Morgan fingerprint density at radius 1 is 1.33 bits per heavy atom. The maximum absolute atomic E-state index is 12.1. The van der Waals surface area contributed by atoms with Crippen LogP contribution < -0.4 is 10.1 Å². The molecule has 0 bridgehead atoms. The fourth-order valence-electron chi connectivity index (χ4n) is 2.30. The van der Waals surface area contributed by atoms with Gasteiger partial charge >= 0.3 is 0 Å². The van der Waals surface area contributed by atoms with Gasteiger partial charge in [-0.25, -0.2) is 4.98 Å². The average molecular weight is 342 g/mol. The number of aryl methyl sites for hydroxylation is 1. The van der Waals surface area contributed by atoms with E-state index in [-0.39, 0.29) is 5.91 Å². The number of carbonyl (C=O) groups is 1. The highest BCUT2D eigenvalue weighted by molar-refractivity contribution is 7.09. The summed E-state index contributed by atoms with van der Waals surface area (Å²) < 4.78 is 10.9. The van der Waals surface area contributed by atoms with E-state index < -0.39 is 0 Å². The lowest BCUT2D eigenvalue weighted by molar-refractivity contribution is -0.120. The van der Waals surface area contributed by atoms with E-state index in [2.05, 4.69) is 10.3 Å². The maximum atomic E-state index is 12.1. The third-order valence-electron chi connectivity index (χ3n) is 3.49. The van der Waals surface area contributed by atoms with Crippen LogP contribution in [0.15, 0.2) is 46.2 Å². The number of rotatable bonds is 6. The van der Waals surface area contributed by atoms with Crippen molar-refractivity contribution in [1.29, 1.82) is 0 Å². The lowest BCUT2D eigenvalue weighted by Gasteiger charge is -2.05. The predicted octanol–water partition coefficient (Wildman–Crippen LogP) is 3.58. The van der Waals surface area contributed by atoms with Crippen molar-refractivity contribution in [2.45, 2.75) is 19.9 Å². The summed E-state index contributed by atoms with van der Waals surface area (Å²) in [4.78, 5) is 16.4. The van der Waals surface area contributed by atoms with Crippen molar-refractivity contribution in [2.24, 2.45) is 0 Å². The van der Waals surface area contributed by atoms with E-state index in [1.165, 1.54) is 0 Å². The molecule has 0 aliphatic heterocycles. The van der Waals surface area contributed by atoms with Crippen molar-refractivity contribution in [2.75, 3.05) is 7.11 Å². The zero-order valence-corrected chi connectivity index (χ0v) is 14.4. The Bertz CT molecular complexity index is 838. The van der Waals surface area contributed by atoms with Gasteiger partial charge in [-0.05, 0) is 36.8 Å². The molecule has 3 aromatic rings. The van der Waals surface area contributed by atoms with Gasteiger partial charge in [-0.3, -0.25) is 4.79 Å². The highest BCUT2D eigenvalue weighted by Crippen LogP contribution is 2.23. The molecule has 0 atom stereocenters. The van der Waals surface area contributed by atoms with E-state index >= 15 is 0 Å². The molecule has 1 N–H and O–H groups in total. The lowest BCUT2D eigenvalue weighted by Crippen LogP contribution is -2.24. The second kappa shape index (κ2) is 7.31. The Morgan fingerprint density at radius 2 is 2.21 bits per heavy atom. The Kier molecular flexibility index (Phi) is 4.96. The normalized spacial score (nSPS) is 10.6. The first-order valence-corrected chi connectivity index (χ1v) is 8.43. The summed E-state index contributed by atoms with van der Waals surface area (Å²) in [6.07, 6.45) is 0.302. The lowest BCUT2D eigenvalue weighted by atomic mass is 10.1. The van der Waals surface area contributed by atoms with Gasteiger partial charge in [0.25, 0.3) is 0 Å². The SMILES string of the molecule is COc1cccc(CC(=O)NCc2ccc(-c3csc(C)n3)o2)c1. The highest BCUT2D eigenvalue weighted by atomic mass is 32.1. The molecular weight excluding hydrogens is 324 g/mol. The van der Waals surface area contributed by atoms with Crippen LogP contribution >= 0.6 is 11.3 Å². The zero-order valence-electron chi connectivity index (χ0n) is 13.5. The quantitative estimate of drug-likeness (QED) is 0.744. The molecule has 0 unspecified atom stereocenters. The molecule has 1 amide bonds. The van der Waals surface area contributed by atoms with Crippen molar-refractivity contribution >= 4 is 17.2 Å². The minimum absolute atomic E-state index is 0.0642. The van der Waals surface area contributed by atoms with Gasteiger partial charge < -0.3 is 14.5 Å². The Hall–Kier alpha value is -2.60. The van der Waals surface area contributed by atoms with Crippen molar-refractivity contribution in [3.8, 4) is 17.2 Å². The number of thiazole rings is 1. The van der Waals surface area contributed by atoms with Gasteiger partial charge in [-0.2, -0.15) is 0 Å². The van der Waals surface area contributed by atoms with Gasteiger partial charge in [0.2, 0.25) is 5.91 Å². The van der Waals surface area contributed by atoms with E-state index in [1.54, 1.807) is 18.4 Å². The standard InChI is InChI=1S/C18H18N2O3S/c1-12-20-16(11-24-12)17-7-6-15(23-17)10-19-18(21)9-13-4-3-5-14(8-13)22-2/h3-8,11H,9-10H2,1-2H3,(H,19,21). The van der Waals surface area contributed by atoms with Crippen LogP contribution in [0.2, 0.25) is 0 Å². The molecule has 0 aliphatic carbocycles. The van der Waals surface area contributed by atoms with E-state index in [0.717, 1.165) is 27.8 Å². The largest absolute Gasteiger partial charge is 0.497 e. The third-order valence-corrected chi connectivity index (χ3v) is 4.27. The minimum atomic E-state index is -0.0642. The van der Waals surface area contributed by atoms with Crippen LogP contribution in [0.4, 0.5) is 0 Å². The first-order chi connectivity index (χ1) is 11.6. The molecule has 0 saturated heterocycles. The van der Waals surface area contributed by atoms with Gasteiger partial charge in [0.15, 0.2) is 5.76 Å². The molecule has 0 spiro atoms. The molecular formula is C18H18N2O3S. The summed E-state index contributed by atoms with van der Waals surface area (Å²) in [7, 11) is 1.61. The monoisotopic (exact) mass is 342 g/mol. The number of benzene rings is 1. The van der Waals surface area contributed by atoms with E-state index in [9.17, 15) is 4.79 Å². The maximum Gasteiger partial charge on any atom is 0.224 e. The zero-order chi connectivity index (χ0) is 16.9. The molecule has 6 heteroatoms. The van der Waals surface area contributed by atoms with Crippen LogP contribution in [0.5, 0.6) is 5.75 Å². The first-order valence-electron chi connectivity index (χ1n) is 7.55. The fourth-order valence-corrected chi connectivity index (χ4v) is 2.91. The number of nitrogens with zero attached hydrogens (tertiary/aromatic N) is 1. The van der Waals surface area contributed by atoms with Crippen molar-refractivity contribution < 1.29 is 13.9 Å². The number of hydrogen-bond donors (Lipinski definition) is 1. The van der Waals surface area contributed by atoms with Crippen LogP contribution in [0.1, 0.15) is 16.3 Å². The number of amides is 1. The molecule has 24 heavy (non-hydrogen) atoms. The van der Waals surface area contributed by atoms with Crippen LogP contribution in [0.3, 0.4) is 0 Å². The number of furan rings is 1. The molecule has 3 rings (SSSR count). The van der Waals surface area contributed by atoms with E-state index in [1.807, 2.05) is 48.7 Å². The van der Waals surface area contributed by atoms with Crippen molar-refractivity contribution in [3.63, 3.8) is 0 Å². The number of hydrogen-bond acceptors (Lipinski definition) is 5. The fraction of sp³-hybridized carbons (Fsp3) is 0.222. The van der Waals surface area contributed by atoms with Gasteiger partial charge in [0, 0.05) is 5.38 Å². The van der Waals surface area contributed by atoms with Crippen molar-refractivity contribution in [3.05, 3.63) is 58.1 Å². The Labute approximate surface area is 144 Å². The molecule has 124 valence electrons. The Morgan fingerprint density at radius 3 is 2.96 bits per heavy atom. The summed E-state index contributed by atoms with van der Waals surface area (Å²) in [5.41, 5.74) is 1.73. The van der Waals surface area contributed by atoms with Gasteiger partial charge in [-0.15, -0.1) is 11.3 Å². The molecule has 5 nitrogen and oxygen atoms in total. The highest BCUT2D eigenvalue weighted by Gasteiger charge is 2.09. The summed E-state index contributed by atoms with van der Waals surface area (Å²) >= 11 is 1.58. The number of ether oxygens (including phenoxy) is 1. The summed E-state index contributed by atoms with van der Waals surface area (Å²) in [6, 6.07) is 11.2. The molecule has 0 fully saturated rings. The molecule has 0 aliphatic rings. The number of methoxy groups -OCH3 is 1. The number of nitrogens with one attached hydrogen (secondary N) is 1. The minimum Gasteiger partial charge on any atom is -0.497 e. The second-order valence-electron chi connectivity index (χ2n) is 5.32. The van der Waals surface area contributed by atoms with Gasteiger partial charge in [0.1, 0.15) is 17.2 Å². The van der Waals surface area contributed by atoms with Crippen molar-refractivity contribution in [1.82, 2.24) is 10.3 Å². The Balaban J connectivity index is 1.55. The second-order valence-corrected chi connectivity index (χ2v) is 6.38. The molecule has 1 aromatic carbocycles. The van der Waals surface area contributed by atoms with E-state index in [0.29, 0.717) is 18.7 Å². The first kappa shape index (κ1) is 16.3. The number of aromatic nitrogens is 1.